The largest absolute Gasteiger partial charge is 0.469 e. The second kappa shape index (κ2) is 19.2. The van der Waals surface area contributed by atoms with Crippen LogP contribution in [0.15, 0.2) is 95.4 Å². The van der Waals surface area contributed by atoms with Gasteiger partial charge in [-0.3, -0.25) is 4.79 Å². The number of esters is 1. The van der Waals surface area contributed by atoms with E-state index < -0.39 is 56.2 Å². The summed E-state index contributed by atoms with van der Waals surface area (Å²) in [5.74, 6) is -1.36. The molecule has 0 radical (unpaired) electrons. The van der Waals surface area contributed by atoms with Crippen LogP contribution in [-0.2, 0) is 30.0 Å². The maximum absolute atomic E-state index is 13.3. The van der Waals surface area contributed by atoms with Crippen molar-refractivity contribution in [3.8, 4) is 0 Å². The molecule has 0 saturated heterocycles. The van der Waals surface area contributed by atoms with E-state index in [2.05, 4.69) is 60.7 Å². The summed E-state index contributed by atoms with van der Waals surface area (Å²) in [6.07, 6.45) is -2.44. The number of benzene rings is 3. The zero-order valence-electron chi connectivity index (χ0n) is 34.0. The summed E-state index contributed by atoms with van der Waals surface area (Å²) in [4.78, 5) is 43.6. The van der Waals surface area contributed by atoms with Crippen LogP contribution in [0, 0.1) is 12.8 Å². The molecule has 12 nitrogen and oxygen atoms in total. The number of rotatable bonds is 16. The van der Waals surface area contributed by atoms with Crippen LogP contribution in [0.1, 0.15) is 96.4 Å². The summed E-state index contributed by atoms with van der Waals surface area (Å²) >= 11 is 0. The number of nitrogens with one attached hydrogen (secondary N) is 2. The molecule has 3 aromatic carbocycles. The van der Waals surface area contributed by atoms with Gasteiger partial charge in [0.1, 0.15) is 35.8 Å². The highest BCUT2D eigenvalue weighted by molar-refractivity contribution is 6.99. The molecule has 1 heterocycles. The first-order valence-corrected chi connectivity index (χ1v) is 20.8. The normalized spacial score (nSPS) is 14.2. The first-order valence-electron chi connectivity index (χ1n) is 18.9. The molecule has 56 heavy (non-hydrogen) atoms. The molecule has 0 fully saturated rings. The number of carbonyl (C=O) groups excluding carboxylic acids is 3. The number of aliphatic hydroxyl groups excluding tert-OH is 1. The summed E-state index contributed by atoms with van der Waals surface area (Å²) in [7, 11) is -1.77. The Balaban J connectivity index is 1.57. The molecule has 3 N–H and O–H groups in total. The van der Waals surface area contributed by atoms with Crippen molar-refractivity contribution in [2.24, 2.45) is 5.92 Å². The van der Waals surface area contributed by atoms with Gasteiger partial charge in [0, 0.05) is 0 Å². The van der Waals surface area contributed by atoms with E-state index in [4.69, 9.17) is 23.1 Å². The van der Waals surface area contributed by atoms with Gasteiger partial charge in [0.15, 0.2) is 0 Å². The molecule has 302 valence electrons. The fraction of sp³-hybridized carbons (Fsp3) is 0.442. The van der Waals surface area contributed by atoms with E-state index in [0.717, 1.165) is 15.9 Å². The topological polar surface area (TPSA) is 158 Å². The fourth-order valence-corrected chi connectivity index (χ4v) is 11.3. The monoisotopic (exact) mass is 787 g/mol. The minimum absolute atomic E-state index is 0.0830. The smallest absolute Gasteiger partial charge is 0.408 e. The first kappa shape index (κ1) is 43.7. The van der Waals surface area contributed by atoms with Crippen molar-refractivity contribution in [2.45, 2.75) is 104 Å². The average Bonchev–Trinajstić information content (AvgIpc) is 3.55. The van der Waals surface area contributed by atoms with Crippen molar-refractivity contribution in [1.82, 2.24) is 15.6 Å². The number of amides is 2. The van der Waals surface area contributed by atoms with E-state index in [-0.39, 0.29) is 48.4 Å². The lowest BCUT2D eigenvalue weighted by Gasteiger charge is -2.43. The third kappa shape index (κ3) is 11.5. The number of ether oxygens (including phenoxy) is 3. The maximum Gasteiger partial charge on any atom is 0.408 e. The highest BCUT2D eigenvalue weighted by Gasteiger charge is 2.50. The van der Waals surface area contributed by atoms with Crippen molar-refractivity contribution in [1.29, 1.82) is 0 Å². The van der Waals surface area contributed by atoms with Gasteiger partial charge in [0.05, 0.1) is 25.7 Å². The van der Waals surface area contributed by atoms with Crippen molar-refractivity contribution >= 4 is 36.8 Å². The molecule has 4 rings (SSSR count). The standard InChI is InChI=1S/C43H57N3O9Si/c1-29(44-40(49)52-27-31-19-13-10-14-20-31)38-46-36(30(2)54-38)37(47)35(39(48)51-9)26-25-32(45-41(50)55-42(3,4)5)28-53-56(43(6,7)8,33-21-15-11-16-22-33)34-23-17-12-18-24-34/h10-24,29,32,35,37,47H,25-28H2,1-9H3,(H,44,49)(H,45,50)/t29-,32?,35?,37?/m0/s1. The molecule has 1 aromatic heterocycles. The van der Waals surface area contributed by atoms with Gasteiger partial charge in [-0.25, -0.2) is 14.6 Å². The lowest BCUT2D eigenvalue weighted by atomic mass is 9.92. The predicted molar refractivity (Wildman–Crippen MR) is 216 cm³/mol. The van der Waals surface area contributed by atoms with Crippen molar-refractivity contribution in [3.05, 3.63) is 114 Å². The van der Waals surface area contributed by atoms with Crippen LogP contribution in [0.5, 0.6) is 0 Å². The molecule has 0 saturated carbocycles. The molecule has 4 atom stereocenters. The SMILES string of the molecule is COC(=O)C(CCC(CO[Si](c1ccccc1)(c1ccccc1)C(C)(C)C)NC(=O)OC(C)(C)C)C(O)c1nc([C@H](C)NC(=O)OCc2ccccc2)oc1C. The van der Waals surface area contributed by atoms with Gasteiger partial charge < -0.3 is 38.8 Å². The Morgan fingerprint density at radius 2 is 1.38 bits per heavy atom. The lowest BCUT2D eigenvalue weighted by Crippen LogP contribution is -2.67. The number of methoxy groups -OCH3 is 1. The van der Waals surface area contributed by atoms with Gasteiger partial charge in [-0.2, -0.15) is 0 Å². The Hall–Kier alpha value is -4.98. The highest BCUT2D eigenvalue weighted by atomic mass is 28.4. The second-order valence-electron chi connectivity index (χ2n) is 15.9. The third-order valence-electron chi connectivity index (χ3n) is 9.40. The Morgan fingerprint density at radius 3 is 1.89 bits per heavy atom. The lowest BCUT2D eigenvalue weighted by molar-refractivity contribution is -0.150. The molecule has 4 aromatic rings. The van der Waals surface area contributed by atoms with Crippen LogP contribution in [0.4, 0.5) is 9.59 Å². The molecule has 0 aliphatic carbocycles. The molecule has 0 aliphatic heterocycles. The van der Waals surface area contributed by atoms with Crippen LogP contribution in [0.25, 0.3) is 0 Å². The fourth-order valence-electron chi connectivity index (χ4n) is 6.68. The number of oxazole rings is 1. The Labute approximate surface area is 331 Å². The number of aromatic nitrogens is 1. The first-order chi connectivity index (χ1) is 26.4. The van der Waals surface area contributed by atoms with E-state index >= 15 is 0 Å². The molecule has 0 bridgehead atoms. The predicted octanol–water partition coefficient (Wildman–Crippen LogP) is 7.04. The number of aliphatic hydroxyl groups is 1. The van der Waals surface area contributed by atoms with E-state index in [0.29, 0.717) is 0 Å². The number of aryl methyl sites for hydroxylation is 1. The summed E-state index contributed by atoms with van der Waals surface area (Å²) in [6, 6.07) is 28.2. The number of hydrogen-bond donors (Lipinski definition) is 3. The van der Waals surface area contributed by atoms with Crippen LogP contribution < -0.4 is 21.0 Å². The van der Waals surface area contributed by atoms with Crippen LogP contribution >= 0.6 is 0 Å². The molecule has 2 amide bonds. The van der Waals surface area contributed by atoms with Crippen molar-refractivity contribution in [3.63, 3.8) is 0 Å². The average molecular weight is 788 g/mol. The minimum atomic E-state index is -3.01. The van der Waals surface area contributed by atoms with Gasteiger partial charge in [-0.1, -0.05) is 112 Å². The van der Waals surface area contributed by atoms with Gasteiger partial charge in [0.2, 0.25) is 5.89 Å². The van der Waals surface area contributed by atoms with Crippen LogP contribution in [0.3, 0.4) is 0 Å². The number of alkyl carbamates (subject to hydrolysis) is 2. The van der Waals surface area contributed by atoms with E-state index in [1.165, 1.54) is 7.11 Å². The van der Waals surface area contributed by atoms with Gasteiger partial charge in [0.25, 0.3) is 8.32 Å². The zero-order valence-corrected chi connectivity index (χ0v) is 35.0. The molecule has 13 heteroatoms. The quantitative estimate of drug-likeness (QED) is 0.0611. The number of nitrogens with zero attached hydrogens (tertiary/aromatic N) is 1. The van der Waals surface area contributed by atoms with E-state index in [1.807, 2.05) is 66.7 Å². The summed E-state index contributed by atoms with van der Waals surface area (Å²) in [6.45, 7) is 15.3. The van der Waals surface area contributed by atoms with Gasteiger partial charge >= 0.3 is 18.2 Å². The zero-order chi connectivity index (χ0) is 41.1. The van der Waals surface area contributed by atoms with Crippen LogP contribution in [-0.4, -0.2) is 61.9 Å². The minimum Gasteiger partial charge on any atom is -0.469 e. The van der Waals surface area contributed by atoms with E-state index in [1.54, 1.807) is 34.6 Å². The Morgan fingerprint density at radius 1 is 0.821 bits per heavy atom. The highest BCUT2D eigenvalue weighted by Crippen LogP contribution is 2.37. The van der Waals surface area contributed by atoms with Crippen molar-refractivity contribution in [2.75, 3.05) is 13.7 Å². The Bertz CT molecular complexity index is 1820. The molecule has 0 aliphatic rings. The van der Waals surface area contributed by atoms with Crippen LogP contribution in [0.2, 0.25) is 5.04 Å². The maximum atomic E-state index is 13.3. The molecule has 0 spiro atoms. The molecule has 3 unspecified atom stereocenters. The van der Waals surface area contributed by atoms with Gasteiger partial charge in [-0.05, 0) is 68.4 Å². The summed E-state index contributed by atoms with van der Waals surface area (Å²) in [5.41, 5.74) is 0.201. The molecular weight excluding hydrogens is 731 g/mol. The third-order valence-corrected chi connectivity index (χ3v) is 14.4. The molecular formula is C43H57N3O9Si. The van der Waals surface area contributed by atoms with E-state index in [9.17, 15) is 19.5 Å². The second-order valence-corrected chi connectivity index (χ2v) is 20.2. The van der Waals surface area contributed by atoms with Gasteiger partial charge in [-0.15, -0.1) is 0 Å². The number of hydrogen-bond acceptors (Lipinski definition) is 10. The summed E-state index contributed by atoms with van der Waals surface area (Å²) in [5, 5.41) is 19.2. The summed E-state index contributed by atoms with van der Waals surface area (Å²) < 4.78 is 29.1. The number of carbonyl (C=O) groups is 3. The van der Waals surface area contributed by atoms with Crippen molar-refractivity contribution < 1.29 is 42.5 Å². The Kier molecular flexibility index (Phi) is 15.0.